The van der Waals surface area contributed by atoms with Crippen LogP contribution in [0.15, 0.2) is 60.7 Å². The van der Waals surface area contributed by atoms with Crippen molar-refractivity contribution in [3.05, 3.63) is 82.9 Å². The van der Waals surface area contributed by atoms with E-state index in [1.807, 2.05) is 0 Å². The van der Waals surface area contributed by atoms with Gasteiger partial charge in [-0.05, 0) is 133 Å². The molecule has 292 valence electrons. The van der Waals surface area contributed by atoms with Gasteiger partial charge in [0.05, 0.1) is 0 Å². The highest BCUT2D eigenvalue weighted by Gasteiger charge is 2.36. The molecule has 0 aromatic heterocycles. The van der Waals surface area contributed by atoms with Gasteiger partial charge in [-0.2, -0.15) is 0 Å². The van der Waals surface area contributed by atoms with Crippen molar-refractivity contribution < 1.29 is 0 Å². The summed E-state index contributed by atoms with van der Waals surface area (Å²) in [6.07, 6.45) is 36.4. The molecule has 0 saturated heterocycles. The molecule has 0 N–H and O–H groups in total. The third kappa shape index (κ3) is 15.9. The van der Waals surface area contributed by atoms with Gasteiger partial charge in [0.15, 0.2) is 0 Å². The summed E-state index contributed by atoms with van der Waals surface area (Å²) >= 11 is 0. The van der Waals surface area contributed by atoms with Crippen LogP contribution >= 0.6 is 0 Å². The molecule has 0 spiro atoms. The average Bonchev–Trinajstić information content (AvgIpc) is 4.00. The SMILES string of the molecule is CC1CC2CCC1C2.CC1CC=CC1.CC1CCC1.CC1CCCC1.CC1CCCCC1.CC1CCc2ccccc21.CC1Cc2ccccc2C1. The molecular formula is C52H84. The summed E-state index contributed by atoms with van der Waals surface area (Å²) < 4.78 is 0. The Morgan fingerprint density at radius 3 is 1.25 bits per heavy atom. The maximum absolute atomic E-state index is 2.42. The molecule has 0 heteroatoms. The predicted molar refractivity (Wildman–Crippen MR) is 231 cm³/mol. The van der Waals surface area contributed by atoms with Crippen molar-refractivity contribution in [2.24, 2.45) is 47.3 Å². The third-order valence-electron chi connectivity index (χ3n) is 14.0. The zero-order chi connectivity index (χ0) is 37.1. The van der Waals surface area contributed by atoms with Gasteiger partial charge < -0.3 is 0 Å². The highest BCUT2D eigenvalue weighted by molar-refractivity contribution is 5.34. The summed E-state index contributed by atoms with van der Waals surface area (Å²) in [7, 11) is 0. The Balaban J connectivity index is 0.000000138. The second-order valence-electron chi connectivity index (χ2n) is 19.3. The van der Waals surface area contributed by atoms with Gasteiger partial charge in [0.1, 0.15) is 0 Å². The molecule has 52 heavy (non-hydrogen) atoms. The largest absolute Gasteiger partial charge is 0.0883 e. The summed E-state index contributed by atoms with van der Waals surface area (Å²) in [6, 6.07) is 17.6. The van der Waals surface area contributed by atoms with Crippen LogP contribution in [0.1, 0.15) is 199 Å². The average molecular weight is 709 g/mol. The van der Waals surface area contributed by atoms with E-state index in [0.717, 1.165) is 53.3 Å². The standard InChI is InChI=1S/2C10H12.C8H14.C7H14.C6H12.C6H10.C5H10/c1-8-6-9-4-2-3-5-10(9)7-8;1-8-6-7-9-4-2-3-5-10(8)9;1-6-4-7-2-3-8(6)5-7;1-7-5-3-2-4-6-7;2*1-6-4-2-3-5-6;1-5-3-2-4-5/h2*2-5,8H,6-7H2,1H3;6-8H,2-5H2,1H3;7H,2-6H2,1H3;6H,2-5H2,1H3;2-3,6H,4-5H2,1H3;5H,2-4H2,1H3. The Morgan fingerprint density at radius 1 is 0.423 bits per heavy atom. The normalized spacial score (nSPS) is 27.3. The summed E-state index contributed by atoms with van der Waals surface area (Å²) in [4.78, 5) is 0. The fourth-order valence-corrected chi connectivity index (χ4v) is 9.91. The molecule has 4 unspecified atom stereocenters. The molecule has 5 fully saturated rings. The zero-order valence-corrected chi connectivity index (χ0v) is 35.5. The molecule has 0 amide bonds. The highest BCUT2D eigenvalue weighted by Crippen LogP contribution is 2.47. The number of allylic oxidation sites excluding steroid dienone is 2. The second-order valence-corrected chi connectivity index (χ2v) is 19.3. The van der Waals surface area contributed by atoms with Crippen molar-refractivity contribution in [2.45, 2.75) is 196 Å². The lowest BCUT2D eigenvalue weighted by molar-refractivity contribution is 0.346. The van der Waals surface area contributed by atoms with Crippen molar-refractivity contribution in [1.29, 1.82) is 0 Å². The topological polar surface area (TPSA) is 0 Å². The van der Waals surface area contributed by atoms with E-state index in [4.69, 9.17) is 0 Å². The first-order valence-corrected chi connectivity index (χ1v) is 23.0. The van der Waals surface area contributed by atoms with Gasteiger partial charge in [0.25, 0.3) is 0 Å². The molecule has 2 aromatic carbocycles. The van der Waals surface area contributed by atoms with Gasteiger partial charge in [-0.1, -0.05) is 193 Å². The Bertz CT molecular complexity index is 1200. The van der Waals surface area contributed by atoms with Gasteiger partial charge >= 0.3 is 0 Å². The quantitative estimate of drug-likeness (QED) is 0.239. The molecule has 2 bridgehead atoms. The van der Waals surface area contributed by atoms with Crippen molar-refractivity contribution in [2.75, 3.05) is 0 Å². The number of benzene rings is 2. The second kappa shape index (κ2) is 23.9. The summed E-state index contributed by atoms with van der Waals surface area (Å²) in [5.74, 6) is 9.12. The predicted octanol–water partition coefficient (Wildman–Crippen LogP) is 16.2. The van der Waals surface area contributed by atoms with Gasteiger partial charge in [0, 0.05) is 0 Å². The van der Waals surface area contributed by atoms with Crippen molar-refractivity contribution in [1.82, 2.24) is 0 Å². The monoisotopic (exact) mass is 709 g/mol. The zero-order valence-electron chi connectivity index (χ0n) is 35.5. The van der Waals surface area contributed by atoms with Crippen molar-refractivity contribution in [3.8, 4) is 0 Å². The first-order valence-electron chi connectivity index (χ1n) is 23.0. The van der Waals surface area contributed by atoms with Crippen LogP contribution in [-0.4, -0.2) is 0 Å². The first kappa shape index (κ1) is 42.9. The van der Waals surface area contributed by atoms with Crippen LogP contribution in [0.4, 0.5) is 0 Å². The van der Waals surface area contributed by atoms with Crippen molar-refractivity contribution in [3.63, 3.8) is 0 Å². The van der Waals surface area contributed by atoms with Gasteiger partial charge in [-0.3, -0.25) is 0 Å². The number of rotatable bonds is 0. The molecule has 10 rings (SSSR count). The lowest BCUT2D eigenvalue weighted by Gasteiger charge is -2.18. The Labute approximate surface area is 324 Å². The molecule has 5 saturated carbocycles. The molecule has 0 aliphatic heterocycles. The van der Waals surface area contributed by atoms with Crippen LogP contribution in [-0.2, 0) is 19.3 Å². The van der Waals surface area contributed by atoms with E-state index in [-0.39, 0.29) is 0 Å². The van der Waals surface area contributed by atoms with Crippen LogP contribution in [0.3, 0.4) is 0 Å². The van der Waals surface area contributed by atoms with Gasteiger partial charge in [0.2, 0.25) is 0 Å². The van der Waals surface area contributed by atoms with E-state index < -0.39 is 0 Å². The van der Waals surface area contributed by atoms with E-state index in [0.29, 0.717) is 0 Å². The number of hydrogen-bond donors (Lipinski definition) is 0. The lowest BCUT2D eigenvalue weighted by Crippen LogP contribution is -2.04. The maximum Gasteiger partial charge on any atom is -0.0184 e. The van der Waals surface area contributed by atoms with E-state index in [2.05, 4.69) is 109 Å². The van der Waals surface area contributed by atoms with E-state index in [1.165, 1.54) is 116 Å². The van der Waals surface area contributed by atoms with Gasteiger partial charge in [-0.15, -0.1) is 0 Å². The van der Waals surface area contributed by atoms with Crippen molar-refractivity contribution >= 4 is 0 Å². The summed E-state index contributed by atoms with van der Waals surface area (Å²) in [6.45, 7) is 16.3. The summed E-state index contributed by atoms with van der Waals surface area (Å²) in [5.41, 5.74) is 6.27. The van der Waals surface area contributed by atoms with Crippen LogP contribution in [0.25, 0.3) is 0 Å². The van der Waals surface area contributed by atoms with E-state index in [9.17, 15) is 0 Å². The third-order valence-corrected chi connectivity index (χ3v) is 14.0. The highest BCUT2D eigenvalue weighted by atomic mass is 14.4. The summed E-state index contributed by atoms with van der Waals surface area (Å²) in [5, 5.41) is 0. The fraction of sp³-hybridized carbons (Fsp3) is 0.731. The minimum absolute atomic E-state index is 0.802. The fourth-order valence-electron chi connectivity index (χ4n) is 9.91. The van der Waals surface area contributed by atoms with Gasteiger partial charge in [-0.25, -0.2) is 0 Å². The molecule has 8 aliphatic carbocycles. The smallest absolute Gasteiger partial charge is 0.0184 e. The minimum atomic E-state index is 0.802. The Morgan fingerprint density at radius 2 is 0.923 bits per heavy atom. The van der Waals surface area contributed by atoms with E-state index >= 15 is 0 Å². The van der Waals surface area contributed by atoms with Crippen LogP contribution in [0, 0.1) is 47.3 Å². The molecule has 0 radical (unpaired) electrons. The maximum atomic E-state index is 2.42. The number of hydrogen-bond acceptors (Lipinski definition) is 0. The molecule has 0 heterocycles. The molecule has 0 nitrogen and oxygen atoms in total. The lowest BCUT2D eigenvalue weighted by atomic mass is 9.88. The molecule has 4 atom stereocenters. The van der Waals surface area contributed by atoms with Crippen LogP contribution < -0.4 is 0 Å². The van der Waals surface area contributed by atoms with E-state index in [1.54, 1.807) is 47.9 Å². The number of fused-ring (bicyclic) bond motifs is 4. The Kier molecular flexibility index (Phi) is 19.7. The van der Waals surface area contributed by atoms with Crippen LogP contribution in [0.2, 0.25) is 0 Å². The first-order chi connectivity index (χ1) is 25.2. The molecular weight excluding hydrogens is 625 g/mol. The molecule has 2 aromatic rings. The minimum Gasteiger partial charge on any atom is -0.0883 e. The number of aryl methyl sites for hydroxylation is 1. The van der Waals surface area contributed by atoms with Crippen LogP contribution in [0.5, 0.6) is 0 Å². The molecule has 8 aliphatic rings. The Hall–Kier alpha value is -1.82.